The average molecular weight is 171 g/mol. The number of hydrogen-bond acceptors (Lipinski definition) is 2. The first kappa shape index (κ1) is 9.32. The van der Waals surface area contributed by atoms with Crippen molar-refractivity contribution in [1.29, 1.82) is 0 Å². The minimum Gasteiger partial charge on any atom is -0.341 e. The second kappa shape index (κ2) is 4.30. The summed E-state index contributed by atoms with van der Waals surface area (Å²) in [5.41, 5.74) is 0. The molecular formula is C8H17N3O. The van der Waals surface area contributed by atoms with E-state index in [2.05, 4.69) is 10.6 Å². The molecule has 2 N–H and O–H groups in total. The molecule has 1 rings (SSSR count). The van der Waals surface area contributed by atoms with Crippen LogP contribution in [0.2, 0.25) is 0 Å². The minimum atomic E-state index is 0.00343. The van der Waals surface area contributed by atoms with Crippen LogP contribution in [0.25, 0.3) is 0 Å². The van der Waals surface area contributed by atoms with Crippen LogP contribution in [0.1, 0.15) is 12.8 Å². The molecule has 4 nitrogen and oxygen atoms in total. The van der Waals surface area contributed by atoms with Gasteiger partial charge in [0.05, 0.1) is 0 Å². The first-order valence-electron chi connectivity index (χ1n) is 4.41. The van der Waals surface area contributed by atoms with Crippen LogP contribution >= 0.6 is 0 Å². The number of hydrogen-bond donors (Lipinski definition) is 2. The second-order valence-corrected chi connectivity index (χ2v) is 3.17. The second-order valence-electron chi connectivity index (χ2n) is 3.17. The molecule has 1 aliphatic heterocycles. The van der Waals surface area contributed by atoms with E-state index in [1.807, 2.05) is 7.05 Å². The van der Waals surface area contributed by atoms with Crippen LogP contribution in [0.3, 0.4) is 0 Å². The van der Waals surface area contributed by atoms with Gasteiger partial charge in [-0.05, 0) is 19.4 Å². The summed E-state index contributed by atoms with van der Waals surface area (Å²) in [4.78, 5) is 13.0. The molecule has 2 amide bonds. The SMILES string of the molecule is CNC(=O)N(C)[C@H]1CCCNC1. The summed E-state index contributed by atoms with van der Waals surface area (Å²) >= 11 is 0. The summed E-state index contributed by atoms with van der Waals surface area (Å²) in [6.45, 7) is 2.00. The van der Waals surface area contributed by atoms with Gasteiger partial charge in [-0.25, -0.2) is 4.79 Å². The van der Waals surface area contributed by atoms with Gasteiger partial charge in [-0.2, -0.15) is 0 Å². The molecule has 1 atom stereocenters. The number of rotatable bonds is 1. The van der Waals surface area contributed by atoms with Crippen molar-refractivity contribution in [2.75, 3.05) is 27.2 Å². The van der Waals surface area contributed by atoms with Gasteiger partial charge in [-0.1, -0.05) is 0 Å². The summed E-state index contributed by atoms with van der Waals surface area (Å²) in [6.07, 6.45) is 2.27. The maximum absolute atomic E-state index is 11.2. The molecule has 0 aromatic heterocycles. The van der Waals surface area contributed by atoms with Gasteiger partial charge in [0.2, 0.25) is 0 Å². The number of likely N-dealkylation sites (N-methyl/N-ethyl adjacent to an activating group) is 1. The fraction of sp³-hybridized carbons (Fsp3) is 0.875. The Kier molecular flexibility index (Phi) is 3.34. The maximum atomic E-state index is 11.2. The van der Waals surface area contributed by atoms with Crippen LogP contribution < -0.4 is 10.6 Å². The first-order valence-corrected chi connectivity index (χ1v) is 4.41. The first-order chi connectivity index (χ1) is 5.75. The van der Waals surface area contributed by atoms with Crippen molar-refractivity contribution in [3.05, 3.63) is 0 Å². The zero-order chi connectivity index (χ0) is 8.97. The topological polar surface area (TPSA) is 44.4 Å². The van der Waals surface area contributed by atoms with Crippen molar-refractivity contribution in [3.63, 3.8) is 0 Å². The molecule has 70 valence electrons. The number of amides is 2. The molecule has 0 bridgehead atoms. The molecule has 0 aliphatic carbocycles. The van der Waals surface area contributed by atoms with Crippen LogP contribution in [0, 0.1) is 0 Å². The van der Waals surface area contributed by atoms with Crippen LogP contribution in [0.15, 0.2) is 0 Å². The molecule has 0 unspecified atom stereocenters. The monoisotopic (exact) mass is 171 g/mol. The van der Waals surface area contributed by atoms with Crippen LogP contribution in [-0.4, -0.2) is 44.2 Å². The van der Waals surface area contributed by atoms with Gasteiger partial charge in [0.15, 0.2) is 0 Å². The van der Waals surface area contributed by atoms with Crippen molar-refractivity contribution >= 4 is 6.03 Å². The Bertz CT molecular complexity index is 154. The summed E-state index contributed by atoms with van der Waals surface area (Å²) in [7, 11) is 3.51. The lowest BCUT2D eigenvalue weighted by Gasteiger charge is -2.31. The maximum Gasteiger partial charge on any atom is 0.317 e. The Hall–Kier alpha value is -0.770. The summed E-state index contributed by atoms with van der Waals surface area (Å²) in [5, 5.41) is 5.89. The van der Waals surface area contributed by atoms with Gasteiger partial charge in [0, 0.05) is 26.7 Å². The van der Waals surface area contributed by atoms with Crippen molar-refractivity contribution < 1.29 is 4.79 Å². The standard InChI is InChI=1S/C8H17N3O/c1-9-8(12)11(2)7-4-3-5-10-6-7/h7,10H,3-6H2,1-2H3,(H,9,12)/t7-/m0/s1. The zero-order valence-corrected chi connectivity index (χ0v) is 7.76. The molecule has 1 fully saturated rings. The summed E-state index contributed by atoms with van der Waals surface area (Å²) < 4.78 is 0. The van der Waals surface area contributed by atoms with Gasteiger partial charge >= 0.3 is 6.03 Å². The van der Waals surface area contributed by atoms with E-state index in [4.69, 9.17) is 0 Å². The fourth-order valence-corrected chi connectivity index (χ4v) is 1.51. The van der Waals surface area contributed by atoms with E-state index in [1.54, 1.807) is 11.9 Å². The van der Waals surface area contributed by atoms with Crippen molar-refractivity contribution in [3.8, 4) is 0 Å². The molecule has 1 aliphatic rings. The van der Waals surface area contributed by atoms with E-state index in [0.29, 0.717) is 6.04 Å². The predicted octanol–water partition coefficient (Wildman–Crippen LogP) is 0.00960. The van der Waals surface area contributed by atoms with E-state index < -0.39 is 0 Å². The van der Waals surface area contributed by atoms with E-state index >= 15 is 0 Å². The van der Waals surface area contributed by atoms with E-state index in [0.717, 1.165) is 25.9 Å². The van der Waals surface area contributed by atoms with Crippen LogP contribution in [0.4, 0.5) is 4.79 Å². The third kappa shape index (κ3) is 2.11. The number of urea groups is 1. The minimum absolute atomic E-state index is 0.00343. The number of nitrogens with zero attached hydrogens (tertiary/aromatic N) is 1. The van der Waals surface area contributed by atoms with Crippen molar-refractivity contribution in [2.45, 2.75) is 18.9 Å². The molecule has 0 saturated carbocycles. The predicted molar refractivity (Wildman–Crippen MR) is 48.1 cm³/mol. The number of nitrogens with one attached hydrogen (secondary N) is 2. The number of piperidine rings is 1. The zero-order valence-electron chi connectivity index (χ0n) is 7.76. The molecule has 4 heteroatoms. The third-order valence-corrected chi connectivity index (χ3v) is 2.35. The van der Waals surface area contributed by atoms with E-state index in [9.17, 15) is 4.79 Å². The molecule has 12 heavy (non-hydrogen) atoms. The van der Waals surface area contributed by atoms with Gasteiger partial charge in [0.25, 0.3) is 0 Å². The largest absolute Gasteiger partial charge is 0.341 e. The molecule has 1 heterocycles. The highest BCUT2D eigenvalue weighted by molar-refractivity contribution is 5.73. The van der Waals surface area contributed by atoms with Gasteiger partial charge < -0.3 is 15.5 Å². The highest BCUT2D eigenvalue weighted by atomic mass is 16.2. The summed E-state index contributed by atoms with van der Waals surface area (Å²) in [6, 6.07) is 0.363. The van der Waals surface area contributed by atoms with Crippen LogP contribution in [-0.2, 0) is 0 Å². The van der Waals surface area contributed by atoms with Crippen LogP contribution in [0.5, 0.6) is 0 Å². The molecule has 0 spiro atoms. The normalized spacial score (nSPS) is 23.3. The highest BCUT2D eigenvalue weighted by Gasteiger charge is 2.20. The fourth-order valence-electron chi connectivity index (χ4n) is 1.51. The molecule has 1 saturated heterocycles. The Labute approximate surface area is 73.3 Å². The number of carbonyl (C=O) groups excluding carboxylic acids is 1. The Morgan fingerprint density at radius 3 is 2.92 bits per heavy atom. The van der Waals surface area contributed by atoms with Crippen molar-refractivity contribution in [1.82, 2.24) is 15.5 Å². The van der Waals surface area contributed by atoms with Gasteiger partial charge in [-0.3, -0.25) is 0 Å². The average Bonchev–Trinajstić information content (AvgIpc) is 2.17. The lowest BCUT2D eigenvalue weighted by atomic mass is 10.1. The van der Waals surface area contributed by atoms with Crippen molar-refractivity contribution in [2.24, 2.45) is 0 Å². The Balaban J connectivity index is 2.39. The Morgan fingerprint density at radius 1 is 1.67 bits per heavy atom. The van der Waals surface area contributed by atoms with Gasteiger partial charge in [0.1, 0.15) is 0 Å². The smallest absolute Gasteiger partial charge is 0.317 e. The molecule has 0 radical (unpaired) electrons. The lowest BCUT2D eigenvalue weighted by molar-refractivity contribution is 0.180. The highest BCUT2D eigenvalue weighted by Crippen LogP contribution is 2.07. The van der Waals surface area contributed by atoms with E-state index in [1.165, 1.54) is 0 Å². The van der Waals surface area contributed by atoms with Gasteiger partial charge in [-0.15, -0.1) is 0 Å². The molecule has 0 aromatic rings. The Morgan fingerprint density at radius 2 is 2.42 bits per heavy atom. The molecule has 0 aromatic carbocycles. The lowest BCUT2D eigenvalue weighted by Crippen LogP contribution is -2.49. The number of carbonyl (C=O) groups is 1. The summed E-state index contributed by atoms with van der Waals surface area (Å²) in [5.74, 6) is 0. The quantitative estimate of drug-likeness (QED) is 0.583. The van der Waals surface area contributed by atoms with E-state index in [-0.39, 0.29) is 6.03 Å². The third-order valence-electron chi connectivity index (χ3n) is 2.35. The molecular weight excluding hydrogens is 154 g/mol.